The molecule has 10 N–H and O–H groups in total. The van der Waals surface area contributed by atoms with E-state index in [4.69, 9.17) is 58.0 Å². The van der Waals surface area contributed by atoms with Crippen LogP contribution < -0.4 is 26.8 Å². The fourth-order valence-corrected chi connectivity index (χ4v) is 11.5. The first-order chi connectivity index (χ1) is 38.0. The number of carboxylic acid groups (broad SMARTS) is 1. The van der Waals surface area contributed by atoms with Gasteiger partial charge in [0.1, 0.15) is 79.9 Å². The van der Waals surface area contributed by atoms with Crippen molar-refractivity contribution in [1.82, 2.24) is 43.9 Å². The summed E-state index contributed by atoms with van der Waals surface area (Å²) >= 11 is 8.06. The molecule has 0 unspecified atom stereocenters. The fourth-order valence-electron chi connectivity index (χ4n) is 8.49. The number of alkyl halides is 2. The first kappa shape index (κ1) is 58.6. The van der Waals surface area contributed by atoms with Crippen LogP contribution >= 0.6 is 38.1 Å². The van der Waals surface area contributed by atoms with Gasteiger partial charge in [-0.05, 0) is 17.7 Å². The highest BCUT2D eigenvalue weighted by molar-refractivity contribution is 8.44. The molecular formula is C41H49F2N13O20P2S2. The van der Waals surface area contributed by atoms with Gasteiger partial charge >= 0.3 is 31.8 Å². The molecule has 8 heterocycles. The topological polar surface area (TPSA) is 442 Å². The Labute approximate surface area is 458 Å². The zero-order valence-corrected chi connectivity index (χ0v) is 44.6. The molecule has 434 valence electrons. The molecule has 15 atom stereocenters. The third-order valence-electron chi connectivity index (χ3n) is 12.4. The summed E-state index contributed by atoms with van der Waals surface area (Å²) in [5.41, 5.74) is 11.6. The Morgan fingerprint density at radius 3 is 2.04 bits per heavy atom. The number of nitrogen functional groups attached to an aromatic ring is 1. The number of likely N-dealkylation sites (N-methyl/N-ethyl adjacent to an activating group) is 1. The number of aromatic nitrogens is 8. The highest BCUT2D eigenvalue weighted by atomic mass is 32.7. The number of thiol groups is 2. The number of aliphatic hydroxyl groups excluding tert-OH is 3. The summed E-state index contributed by atoms with van der Waals surface area (Å²) in [6.45, 7) is -11.7. The van der Waals surface area contributed by atoms with Gasteiger partial charge in [0.15, 0.2) is 59.3 Å². The van der Waals surface area contributed by atoms with E-state index in [1.54, 1.807) is 0 Å². The van der Waals surface area contributed by atoms with Gasteiger partial charge in [0, 0.05) is 20.0 Å². The number of ether oxygens (including phenoxy) is 6. The summed E-state index contributed by atoms with van der Waals surface area (Å²) < 4.78 is 118. The maximum Gasteiger partial charge on any atom is 0.412 e. The van der Waals surface area contributed by atoms with E-state index >= 15 is 8.78 Å². The molecule has 4 saturated heterocycles. The summed E-state index contributed by atoms with van der Waals surface area (Å²) in [4.78, 5) is 75.5. The van der Waals surface area contributed by atoms with Gasteiger partial charge in [0.25, 0.3) is 0 Å². The first-order valence-corrected chi connectivity index (χ1v) is 29.0. The number of nitrogens with one attached hydrogen (secondary N) is 2. The average Bonchev–Trinajstić information content (AvgIpc) is 4.21. The Hall–Kier alpha value is -6.02. The van der Waals surface area contributed by atoms with Crippen LogP contribution in [0.5, 0.6) is 5.75 Å². The number of imidazole rings is 2. The van der Waals surface area contributed by atoms with Crippen LogP contribution in [0.4, 0.5) is 35.7 Å². The Balaban J connectivity index is 0.791. The Kier molecular flexibility index (Phi) is 17.7. The van der Waals surface area contributed by atoms with E-state index in [9.17, 15) is 48.7 Å². The lowest BCUT2D eigenvalue weighted by Gasteiger charge is -2.38. The lowest BCUT2D eigenvalue weighted by molar-refractivity contribution is -0.271. The number of carboxylic acids is 1. The summed E-state index contributed by atoms with van der Waals surface area (Å²) in [6, 6.07) is 4.00. The fraction of sp³-hybridized carbons (Fsp3) is 0.512. The van der Waals surface area contributed by atoms with Crippen molar-refractivity contribution in [3.05, 3.63) is 49.1 Å². The summed E-state index contributed by atoms with van der Waals surface area (Å²) in [5.74, 6) is -2.60. The van der Waals surface area contributed by atoms with Crippen molar-refractivity contribution in [3.63, 3.8) is 0 Å². The lowest BCUT2D eigenvalue weighted by atomic mass is 9.99. The second-order valence-corrected chi connectivity index (χ2v) is 23.6. The molecule has 1 aromatic carbocycles. The maximum atomic E-state index is 16.6. The second kappa shape index (κ2) is 24.2. The zero-order chi connectivity index (χ0) is 57.4. The molecule has 0 spiro atoms. The van der Waals surface area contributed by atoms with Crippen LogP contribution in [0.15, 0.2) is 43.5 Å². The number of carbonyl (C=O) groups excluding carboxylic acids is 3. The van der Waals surface area contributed by atoms with Crippen LogP contribution in [0, 0.1) is 0 Å². The number of halogens is 2. The molecule has 39 heteroatoms. The molecule has 3 amide bonds. The van der Waals surface area contributed by atoms with Gasteiger partial charge in [-0.25, -0.2) is 62.2 Å². The van der Waals surface area contributed by atoms with Crippen LogP contribution in [0.3, 0.4) is 0 Å². The van der Waals surface area contributed by atoms with Crippen molar-refractivity contribution >= 4 is 102 Å². The normalized spacial score (nSPS) is 31.7. The van der Waals surface area contributed by atoms with Crippen molar-refractivity contribution < 1.29 is 104 Å². The predicted octanol–water partition coefficient (Wildman–Crippen LogP) is 0.988. The van der Waals surface area contributed by atoms with Gasteiger partial charge < -0.3 is 70.5 Å². The number of nitrogens with two attached hydrogens (primary N) is 2. The van der Waals surface area contributed by atoms with Crippen molar-refractivity contribution in [2.45, 2.75) is 92.9 Å². The van der Waals surface area contributed by atoms with Crippen LogP contribution in [0.1, 0.15) is 24.4 Å². The van der Waals surface area contributed by atoms with E-state index in [-0.39, 0.29) is 71.5 Å². The number of rotatable bonds is 14. The highest BCUT2D eigenvalue weighted by Crippen LogP contribution is 2.60. The van der Waals surface area contributed by atoms with Gasteiger partial charge in [-0.2, -0.15) is 0 Å². The minimum Gasteiger partial charge on any atom is -0.479 e. The van der Waals surface area contributed by atoms with Crippen molar-refractivity contribution in [3.8, 4) is 5.75 Å². The predicted molar refractivity (Wildman–Crippen MR) is 269 cm³/mol. The minimum atomic E-state index is -4.58. The third kappa shape index (κ3) is 12.7. The van der Waals surface area contributed by atoms with Gasteiger partial charge in [-0.15, -0.1) is 0 Å². The number of hydrogen-bond acceptors (Lipinski definition) is 27. The molecule has 4 fully saturated rings. The van der Waals surface area contributed by atoms with Crippen LogP contribution in [-0.4, -0.2) is 196 Å². The Morgan fingerprint density at radius 2 is 1.43 bits per heavy atom. The summed E-state index contributed by atoms with van der Waals surface area (Å²) in [5, 5.41) is 45.0. The molecule has 0 saturated carbocycles. The molecule has 4 aromatic heterocycles. The maximum absolute atomic E-state index is 16.6. The molecule has 0 radical (unpaired) electrons. The van der Waals surface area contributed by atoms with Gasteiger partial charge in [-0.3, -0.25) is 37.3 Å². The van der Waals surface area contributed by atoms with Gasteiger partial charge in [0.05, 0.1) is 38.1 Å². The van der Waals surface area contributed by atoms with Gasteiger partial charge in [0.2, 0.25) is 12.2 Å². The zero-order valence-electron chi connectivity index (χ0n) is 41.0. The van der Waals surface area contributed by atoms with E-state index in [2.05, 4.69) is 65.0 Å². The number of fused-ring (bicyclic) bond motifs is 4. The lowest BCUT2D eigenvalue weighted by Crippen LogP contribution is -2.61. The standard InChI is InChI=1S/C41H49F2N13O20P2S2/c1-54(41(64)68-9-16-2-3-18(17(8-16)52-21(57)4-5-44)73-39-28(60)26(58)27(59)31(74-39)38(61)62)6-7-67-40(63)53-33-25-35(49-13-47-33)56(15-51-25)37-23(43)30-20(72-37)11-70-77(65,79)75-29-19(10-69-78(66,80)76-30)71-36(22(29)42)55-14-50-24-32(45)46-12-48-34(24)55/h2-3,8,12-15,19-20,22-23,26-31,36-37,39,58-60H,4-7,9-11,44H2,1H3,(H,52,57)(H,61,62)(H,65,79)(H,66,80)(H2,45,46,48)(H,47,49,53,63)/t19-,20-,22-,23-,26+,27+,28-,29-,30-,31+,36-,37-,39-,77-,78-/m1/s1. The van der Waals surface area contributed by atoms with Crippen LogP contribution in [-0.2, 0) is 67.1 Å². The average molecular weight is 1210 g/mol. The molecule has 0 bridgehead atoms. The highest BCUT2D eigenvalue weighted by Gasteiger charge is 2.55. The molecule has 9 rings (SSSR count). The minimum absolute atomic E-state index is 0.000127. The molecule has 4 aliphatic rings. The number of aliphatic carboxylic acids is 1. The van der Waals surface area contributed by atoms with Crippen LogP contribution in [0.25, 0.3) is 22.3 Å². The third-order valence-corrected chi connectivity index (χ3v) is 15.7. The number of nitrogens with zero attached hydrogens (tertiary/aromatic N) is 9. The van der Waals surface area contributed by atoms with Crippen LogP contribution in [0.2, 0.25) is 0 Å². The van der Waals surface area contributed by atoms with E-state index < -0.39 is 137 Å². The Morgan fingerprint density at radius 1 is 0.825 bits per heavy atom. The molecular weight excluding hydrogens is 1160 g/mol. The van der Waals surface area contributed by atoms with Crippen molar-refractivity contribution in [2.24, 2.45) is 5.73 Å². The van der Waals surface area contributed by atoms with Crippen molar-refractivity contribution in [1.29, 1.82) is 0 Å². The van der Waals surface area contributed by atoms with E-state index in [1.807, 2.05) is 0 Å². The molecule has 80 heavy (non-hydrogen) atoms. The quantitative estimate of drug-likeness (QED) is 0.0547. The largest absolute Gasteiger partial charge is 0.479 e. The summed E-state index contributed by atoms with van der Waals surface area (Å²) in [6.07, 6.45) is -21.5. The van der Waals surface area contributed by atoms with E-state index in [0.717, 1.165) is 28.4 Å². The number of amides is 3. The first-order valence-electron chi connectivity index (χ1n) is 23.6. The van der Waals surface area contributed by atoms with Crippen molar-refractivity contribution in [2.75, 3.05) is 56.3 Å². The monoisotopic (exact) mass is 1210 g/mol. The van der Waals surface area contributed by atoms with Gasteiger partial charge in [-0.1, -0.05) is 30.6 Å². The van der Waals surface area contributed by atoms with E-state index in [1.165, 1.54) is 36.1 Å². The molecule has 0 aliphatic carbocycles. The number of aliphatic hydroxyl groups is 3. The number of anilines is 3. The van der Waals surface area contributed by atoms with E-state index in [0.29, 0.717) is 5.56 Å². The molecule has 4 aliphatic heterocycles. The summed E-state index contributed by atoms with van der Waals surface area (Å²) in [7, 11) is 1.33. The number of hydrogen-bond donors (Lipinski definition) is 10. The molecule has 33 nitrogen and oxygen atoms in total. The second-order valence-electron chi connectivity index (χ2n) is 17.8. The number of benzene rings is 1. The molecule has 5 aromatic rings. The number of carbonyl (C=O) groups is 4. The smallest absolute Gasteiger partial charge is 0.412 e. The SMILES string of the molecule is CN(CCOC(=O)Nc1ncnc2c1ncn2[C@@H]1O[C@@H]2CO[P@@](=O)(S)O[C@H]3[C@@H](F)[C@H](n4cnc5c(N)ncnc54)O[C@@H]3CO[P@@](=O)(S)O[C@H]2[C@H]1F)C(=O)OCc1ccc(O[C@@H]2O[C@H](C(=O)O)[C@@H](O)[C@H](O)[C@H]2O)c(NC(=O)CCN)c1. The Bertz CT molecular complexity index is 3230.